The summed E-state index contributed by atoms with van der Waals surface area (Å²) >= 11 is 1.46. The van der Waals surface area contributed by atoms with Gasteiger partial charge in [-0.3, -0.25) is 4.79 Å². The summed E-state index contributed by atoms with van der Waals surface area (Å²) in [5.41, 5.74) is 6.83. The number of nitrogens with two attached hydrogens (primary N) is 1. The van der Waals surface area contributed by atoms with E-state index in [1.807, 2.05) is 0 Å². The predicted molar refractivity (Wildman–Crippen MR) is 85.1 cm³/mol. The zero-order valence-corrected chi connectivity index (χ0v) is 13.8. The van der Waals surface area contributed by atoms with Gasteiger partial charge < -0.3 is 15.4 Å². The average Bonchev–Trinajstić information content (AvgIpc) is 2.91. The Balaban J connectivity index is 2.30. The van der Waals surface area contributed by atoms with E-state index in [2.05, 4.69) is 25.7 Å². The smallest absolute Gasteiger partial charge is 0.177 e. The molecule has 1 atom stereocenters. The van der Waals surface area contributed by atoms with E-state index < -0.39 is 0 Å². The Morgan fingerprint density at radius 1 is 1.45 bits per heavy atom. The van der Waals surface area contributed by atoms with Gasteiger partial charge in [-0.05, 0) is 17.8 Å². The van der Waals surface area contributed by atoms with Crippen LogP contribution in [0.2, 0.25) is 0 Å². The quantitative estimate of drug-likeness (QED) is 0.868. The van der Waals surface area contributed by atoms with Crippen molar-refractivity contribution in [1.29, 1.82) is 0 Å². The van der Waals surface area contributed by atoms with Crippen molar-refractivity contribution >= 4 is 27.8 Å². The summed E-state index contributed by atoms with van der Waals surface area (Å²) in [6, 6.07) is 0. The van der Waals surface area contributed by atoms with Crippen molar-refractivity contribution in [3.63, 3.8) is 0 Å². The Morgan fingerprint density at radius 2 is 2.10 bits per heavy atom. The van der Waals surface area contributed by atoms with Crippen molar-refractivity contribution in [3.8, 4) is 5.75 Å². The van der Waals surface area contributed by atoms with Crippen molar-refractivity contribution in [2.75, 3.05) is 30.8 Å². The number of carbonyl (C=O) groups excluding carboxylic acids is 1. The molecule has 20 heavy (non-hydrogen) atoms. The van der Waals surface area contributed by atoms with Crippen LogP contribution in [0.25, 0.3) is 0 Å². The molecule has 5 heteroatoms. The number of Topliss-reactive ketones (excluding diaryl/α,β-unsaturated/α-hetero) is 1. The molecule has 1 saturated heterocycles. The first-order valence-electron chi connectivity index (χ1n) is 6.97. The highest BCUT2D eigenvalue weighted by Crippen LogP contribution is 2.47. The zero-order valence-electron chi connectivity index (χ0n) is 12.9. The average molecular weight is 296 g/mol. The van der Waals surface area contributed by atoms with Gasteiger partial charge in [-0.1, -0.05) is 20.8 Å². The number of nitrogen functional groups attached to an aromatic ring is 1. The number of nitrogens with zero attached hydrogens (tertiary/aromatic N) is 1. The molecule has 1 aliphatic heterocycles. The minimum absolute atomic E-state index is 0.00335. The van der Waals surface area contributed by atoms with Crippen molar-refractivity contribution in [3.05, 3.63) is 4.88 Å². The number of carbonyl (C=O) groups is 1. The van der Waals surface area contributed by atoms with E-state index in [0.29, 0.717) is 27.6 Å². The van der Waals surface area contributed by atoms with E-state index in [1.54, 1.807) is 14.0 Å². The van der Waals surface area contributed by atoms with Gasteiger partial charge in [-0.25, -0.2) is 0 Å². The maximum Gasteiger partial charge on any atom is 0.177 e. The SMILES string of the molecule is COc1c(N2CCC(C(C)(C)C)C2)sc(C(C)=O)c1N. The lowest BCUT2D eigenvalue weighted by Crippen LogP contribution is -2.25. The van der Waals surface area contributed by atoms with Crippen molar-refractivity contribution < 1.29 is 9.53 Å². The molecular formula is C15H24N2O2S. The third-order valence-electron chi connectivity index (χ3n) is 4.11. The fourth-order valence-corrected chi connectivity index (χ4v) is 3.86. The van der Waals surface area contributed by atoms with Crippen molar-refractivity contribution in [2.24, 2.45) is 11.3 Å². The molecule has 1 aliphatic rings. The first kappa shape index (κ1) is 15.2. The summed E-state index contributed by atoms with van der Waals surface area (Å²) in [7, 11) is 1.61. The van der Waals surface area contributed by atoms with E-state index >= 15 is 0 Å². The normalized spacial score (nSPS) is 19.4. The van der Waals surface area contributed by atoms with Crippen LogP contribution in [0.15, 0.2) is 0 Å². The molecule has 0 radical (unpaired) electrons. The van der Waals surface area contributed by atoms with Crippen LogP contribution in [0.4, 0.5) is 10.7 Å². The van der Waals surface area contributed by atoms with Crippen molar-refractivity contribution in [1.82, 2.24) is 0 Å². The zero-order chi connectivity index (χ0) is 15.1. The van der Waals surface area contributed by atoms with Gasteiger partial charge in [0.25, 0.3) is 0 Å². The molecule has 0 aromatic carbocycles. The maximum atomic E-state index is 11.6. The Morgan fingerprint density at radius 3 is 2.55 bits per heavy atom. The highest BCUT2D eigenvalue weighted by atomic mass is 32.1. The second kappa shape index (κ2) is 5.28. The van der Waals surface area contributed by atoms with Gasteiger partial charge >= 0.3 is 0 Å². The van der Waals surface area contributed by atoms with Gasteiger partial charge in [0, 0.05) is 20.0 Å². The van der Waals surface area contributed by atoms with Gasteiger partial charge in [-0.15, -0.1) is 11.3 Å². The molecule has 0 amide bonds. The molecule has 112 valence electrons. The minimum atomic E-state index is 0.00335. The standard InChI is InChI=1S/C15H24N2O2S/c1-9(18)13-11(16)12(19-5)14(20-13)17-7-6-10(8-17)15(2,3)4/h10H,6-8,16H2,1-5H3. The molecule has 4 nitrogen and oxygen atoms in total. The summed E-state index contributed by atoms with van der Waals surface area (Å²) in [5, 5.41) is 1.00. The lowest BCUT2D eigenvalue weighted by atomic mass is 9.80. The van der Waals surface area contributed by atoms with E-state index in [0.717, 1.165) is 18.1 Å². The van der Waals surface area contributed by atoms with Gasteiger partial charge in [0.1, 0.15) is 5.00 Å². The number of anilines is 2. The molecule has 0 saturated carbocycles. The number of rotatable bonds is 3. The van der Waals surface area contributed by atoms with E-state index in [4.69, 9.17) is 10.5 Å². The van der Waals surface area contributed by atoms with Gasteiger partial charge in [-0.2, -0.15) is 0 Å². The molecule has 0 spiro atoms. The molecule has 2 N–H and O–H groups in total. The fourth-order valence-electron chi connectivity index (χ4n) is 2.73. The summed E-state index contributed by atoms with van der Waals surface area (Å²) in [6.07, 6.45) is 1.17. The molecule has 1 aromatic heterocycles. The highest BCUT2D eigenvalue weighted by molar-refractivity contribution is 7.19. The summed E-state index contributed by atoms with van der Waals surface area (Å²) in [5.74, 6) is 1.31. The van der Waals surface area contributed by atoms with E-state index in [9.17, 15) is 4.79 Å². The number of ketones is 1. The van der Waals surface area contributed by atoms with Gasteiger partial charge in [0.15, 0.2) is 11.5 Å². The third kappa shape index (κ3) is 2.64. The summed E-state index contributed by atoms with van der Waals surface area (Å²) in [6.45, 7) is 10.4. The molecule has 2 rings (SSSR count). The molecule has 0 aliphatic carbocycles. The topological polar surface area (TPSA) is 55.6 Å². The highest BCUT2D eigenvalue weighted by Gasteiger charge is 2.34. The van der Waals surface area contributed by atoms with Gasteiger partial charge in [0.2, 0.25) is 0 Å². The lowest BCUT2D eigenvalue weighted by Gasteiger charge is -2.27. The second-order valence-corrected chi connectivity index (χ2v) is 7.54. The second-order valence-electron chi connectivity index (χ2n) is 6.54. The number of thiophene rings is 1. The Bertz CT molecular complexity index is 517. The van der Waals surface area contributed by atoms with Crippen LogP contribution in [0.5, 0.6) is 5.75 Å². The fraction of sp³-hybridized carbons (Fsp3) is 0.667. The predicted octanol–water partition coefficient (Wildman–Crippen LogP) is 3.41. The van der Waals surface area contributed by atoms with Crippen LogP contribution in [0.3, 0.4) is 0 Å². The number of methoxy groups -OCH3 is 1. The molecule has 1 fully saturated rings. The molecule has 1 unspecified atom stereocenters. The van der Waals surface area contributed by atoms with E-state index in [1.165, 1.54) is 17.8 Å². The van der Waals surface area contributed by atoms with Crippen LogP contribution >= 0.6 is 11.3 Å². The number of hydrogen-bond donors (Lipinski definition) is 1. The largest absolute Gasteiger partial charge is 0.492 e. The third-order valence-corrected chi connectivity index (χ3v) is 5.45. The van der Waals surface area contributed by atoms with Crippen LogP contribution < -0.4 is 15.4 Å². The van der Waals surface area contributed by atoms with Crippen molar-refractivity contribution in [2.45, 2.75) is 34.1 Å². The van der Waals surface area contributed by atoms with Crippen LogP contribution in [-0.4, -0.2) is 26.0 Å². The lowest BCUT2D eigenvalue weighted by molar-refractivity contribution is 0.102. The number of ether oxygens (including phenoxy) is 1. The van der Waals surface area contributed by atoms with Gasteiger partial charge in [0.05, 0.1) is 17.7 Å². The summed E-state index contributed by atoms with van der Waals surface area (Å²) in [4.78, 5) is 14.6. The monoisotopic (exact) mass is 296 g/mol. The molecule has 2 heterocycles. The van der Waals surface area contributed by atoms with Crippen LogP contribution in [-0.2, 0) is 0 Å². The first-order chi connectivity index (χ1) is 9.25. The van der Waals surface area contributed by atoms with Crippen LogP contribution in [0.1, 0.15) is 43.8 Å². The minimum Gasteiger partial charge on any atom is -0.492 e. The Kier molecular flexibility index (Phi) is 4.00. The Labute approximate surface area is 124 Å². The Hall–Kier alpha value is -1.23. The van der Waals surface area contributed by atoms with Crippen LogP contribution in [0, 0.1) is 11.3 Å². The molecule has 1 aromatic rings. The molecular weight excluding hydrogens is 272 g/mol. The number of hydrogen-bond acceptors (Lipinski definition) is 5. The maximum absolute atomic E-state index is 11.6. The molecule has 0 bridgehead atoms. The summed E-state index contributed by atoms with van der Waals surface area (Å²) < 4.78 is 5.43. The first-order valence-corrected chi connectivity index (χ1v) is 7.79. The van der Waals surface area contributed by atoms with E-state index in [-0.39, 0.29) is 5.78 Å².